The van der Waals surface area contributed by atoms with Gasteiger partial charge in [-0.25, -0.2) is 32.6 Å². The SMILES string of the molecule is CCCC(=O)c1ccc(-c2cnc3c(NCCC(F)(F)F)cc(Oc4ccc(O)cc4F)nn23)cc1C.Cc1cc(-c2cnc3c(NCCC(F)(F)F)cc(Oc4ccc(O)cc4F)nn23)ccc1C(=O)O. The van der Waals surface area contributed by atoms with Crippen molar-refractivity contribution >= 4 is 34.4 Å². The fourth-order valence-electron chi connectivity index (χ4n) is 7.25. The average Bonchev–Trinajstić information content (AvgIpc) is 3.93. The summed E-state index contributed by atoms with van der Waals surface area (Å²) in [5.74, 6) is -4.15. The van der Waals surface area contributed by atoms with E-state index in [0.717, 1.165) is 24.1 Å². The molecule has 0 aliphatic carbocycles. The summed E-state index contributed by atoms with van der Waals surface area (Å²) in [6, 6.07) is 19.0. The van der Waals surface area contributed by atoms with Crippen molar-refractivity contribution < 1.29 is 69.5 Å². The Balaban J connectivity index is 0.000000212. The summed E-state index contributed by atoms with van der Waals surface area (Å²) in [4.78, 5) is 32.3. The molecule has 4 heterocycles. The number of carbonyl (C=O) groups is 2. The maximum Gasteiger partial charge on any atom is 0.390 e. The Morgan fingerprint density at radius 2 is 1.06 bits per heavy atom. The van der Waals surface area contributed by atoms with Gasteiger partial charge in [0.25, 0.3) is 0 Å². The number of imidazole rings is 2. The van der Waals surface area contributed by atoms with E-state index in [-0.39, 0.29) is 68.8 Å². The number of aromatic carboxylic acids is 1. The summed E-state index contributed by atoms with van der Waals surface area (Å²) in [5, 5.41) is 42.2. The first kappa shape index (κ1) is 51.4. The molecule has 0 atom stereocenters. The van der Waals surface area contributed by atoms with E-state index >= 15 is 0 Å². The topological polar surface area (TPSA) is 198 Å². The summed E-state index contributed by atoms with van der Waals surface area (Å²) in [6.07, 6.45) is -6.83. The van der Waals surface area contributed by atoms with Gasteiger partial charge in [0.15, 0.2) is 40.2 Å². The minimum Gasteiger partial charge on any atom is -0.508 e. The number of ketones is 1. The number of carbonyl (C=O) groups excluding carboxylic acids is 1. The number of anilines is 2. The third kappa shape index (κ3) is 12.4. The van der Waals surface area contributed by atoms with Crippen LogP contribution < -0.4 is 20.1 Å². The number of hydrogen-bond donors (Lipinski definition) is 5. The van der Waals surface area contributed by atoms with Crippen LogP contribution in [0.3, 0.4) is 0 Å². The number of nitrogens with one attached hydrogen (secondary N) is 2. The molecule has 15 nitrogen and oxygen atoms in total. The number of aromatic nitrogens is 6. The second-order valence-corrected chi connectivity index (χ2v) is 16.1. The molecular weight excluding hydrogens is 965 g/mol. The Bertz CT molecular complexity index is 3300. The van der Waals surface area contributed by atoms with Gasteiger partial charge in [-0.15, -0.1) is 10.2 Å². The number of rotatable bonds is 16. The monoisotopic (exact) mass is 1010 g/mol. The van der Waals surface area contributed by atoms with Crippen LogP contribution in [-0.4, -0.2) is 81.7 Å². The Morgan fingerprint density at radius 3 is 1.43 bits per heavy atom. The van der Waals surface area contributed by atoms with Gasteiger partial charge in [0.1, 0.15) is 11.5 Å². The summed E-state index contributed by atoms with van der Waals surface area (Å²) in [6.45, 7) is 4.48. The molecule has 4 aromatic carbocycles. The van der Waals surface area contributed by atoms with E-state index in [1.54, 1.807) is 37.3 Å². The standard InChI is InChI=1S/C26H24F4N4O3.C23H18F4N4O4/c1-3-4-22(36)18-7-5-16(11-15(18)2)21-14-32-25-20(31-10-9-26(28,29)30)13-24(33-34(21)25)37-23-8-6-17(35)12-19(23)27;1-12-8-13(2-4-15(12)22(33)34)18-11-29-21-17(28-7-6-23(25,26)27)10-20(30-31(18)21)35-19-5-3-14(32)9-16(19)24/h5-8,11-14,31,35H,3-4,9-10H2,1-2H3;2-5,8-11,28,32H,6-7H2,1H3,(H,33,34). The molecule has 0 amide bonds. The van der Waals surface area contributed by atoms with E-state index in [4.69, 9.17) is 9.47 Å². The largest absolute Gasteiger partial charge is 0.508 e. The fourth-order valence-corrected chi connectivity index (χ4v) is 7.25. The number of phenolic OH excluding ortho intramolecular Hbond substituents is 2. The predicted molar refractivity (Wildman–Crippen MR) is 247 cm³/mol. The Morgan fingerprint density at radius 1 is 0.625 bits per heavy atom. The van der Waals surface area contributed by atoms with Gasteiger partial charge in [-0.1, -0.05) is 25.1 Å². The molecule has 0 unspecified atom stereocenters. The van der Waals surface area contributed by atoms with Crippen molar-refractivity contribution in [3.8, 4) is 57.3 Å². The predicted octanol–water partition coefficient (Wildman–Crippen LogP) is 12.1. The molecule has 23 heteroatoms. The molecule has 0 aliphatic heterocycles. The van der Waals surface area contributed by atoms with Gasteiger partial charge >= 0.3 is 18.3 Å². The molecule has 0 bridgehead atoms. The molecule has 8 rings (SSSR count). The second-order valence-electron chi connectivity index (χ2n) is 16.1. The third-order valence-electron chi connectivity index (χ3n) is 10.7. The number of phenols is 2. The van der Waals surface area contributed by atoms with Crippen LogP contribution in [0.25, 0.3) is 33.8 Å². The Labute approximate surface area is 403 Å². The summed E-state index contributed by atoms with van der Waals surface area (Å²) in [5.41, 5.74) is 4.82. The minimum absolute atomic E-state index is 0.0329. The van der Waals surface area contributed by atoms with Crippen LogP contribution in [-0.2, 0) is 0 Å². The smallest absolute Gasteiger partial charge is 0.390 e. The molecule has 72 heavy (non-hydrogen) atoms. The van der Waals surface area contributed by atoms with E-state index in [1.165, 1.54) is 63.9 Å². The lowest BCUT2D eigenvalue weighted by Gasteiger charge is -2.13. The normalized spacial score (nSPS) is 11.6. The lowest BCUT2D eigenvalue weighted by atomic mass is 9.98. The van der Waals surface area contributed by atoms with Crippen molar-refractivity contribution in [2.45, 2.75) is 58.8 Å². The number of ether oxygens (including phenoxy) is 2. The van der Waals surface area contributed by atoms with Crippen molar-refractivity contribution in [2.75, 3.05) is 23.7 Å². The van der Waals surface area contributed by atoms with E-state index in [0.29, 0.717) is 40.1 Å². The van der Waals surface area contributed by atoms with Crippen molar-refractivity contribution in [3.05, 3.63) is 131 Å². The average molecular weight is 1010 g/mol. The molecule has 0 fully saturated rings. The second kappa shape index (κ2) is 21.2. The van der Waals surface area contributed by atoms with Crippen LogP contribution in [0, 0.1) is 25.5 Å². The van der Waals surface area contributed by atoms with Gasteiger partial charge in [0.05, 0.1) is 53.6 Å². The minimum atomic E-state index is -4.38. The third-order valence-corrected chi connectivity index (χ3v) is 10.7. The van der Waals surface area contributed by atoms with Crippen molar-refractivity contribution in [3.63, 3.8) is 0 Å². The van der Waals surface area contributed by atoms with Gasteiger partial charge in [-0.05, 0) is 73.9 Å². The number of fused-ring (bicyclic) bond motifs is 2. The molecule has 0 aliphatic rings. The van der Waals surface area contributed by atoms with Crippen LogP contribution >= 0.6 is 0 Å². The van der Waals surface area contributed by atoms with Crippen molar-refractivity contribution in [2.24, 2.45) is 0 Å². The number of aryl methyl sites for hydroxylation is 2. The van der Waals surface area contributed by atoms with Crippen LogP contribution in [0.1, 0.15) is 64.4 Å². The van der Waals surface area contributed by atoms with Crippen LogP contribution in [0.15, 0.2) is 97.3 Å². The summed E-state index contributed by atoms with van der Waals surface area (Å²) >= 11 is 0. The van der Waals surface area contributed by atoms with Gasteiger partial charge < -0.3 is 35.4 Å². The molecular formula is C49H42F8N8O7. The highest BCUT2D eigenvalue weighted by molar-refractivity contribution is 5.98. The van der Waals surface area contributed by atoms with Gasteiger partial charge in [-0.3, -0.25) is 4.79 Å². The lowest BCUT2D eigenvalue weighted by molar-refractivity contribution is -0.132. The number of benzene rings is 4. The highest BCUT2D eigenvalue weighted by Crippen LogP contribution is 2.34. The van der Waals surface area contributed by atoms with Gasteiger partial charge in [-0.2, -0.15) is 26.3 Å². The zero-order valence-corrected chi connectivity index (χ0v) is 38.2. The fraction of sp³-hybridized carbons (Fsp3) is 0.224. The summed E-state index contributed by atoms with van der Waals surface area (Å²) < 4.78 is 118. The number of Topliss-reactive ketones (excluding diaryl/α,β-unsaturated/α-hetero) is 1. The molecule has 5 N–H and O–H groups in total. The number of hydrogen-bond acceptors (Lipinski definition) is 12. The number of alkyl halides is 6. The first-order valence-corrected chi connectivity index (χ1v) is 21.8. The Hall–Kier alpha value is -8.50. The zero-order valence-electron chi connectivity index (χ0n) is 38.2. The first-order chi connectivity index (χ1) is 34.1. The van der Waals surface area contributed by atoms with Gasteiger partial charge in [0.2, 0.25) is 11.8 Å². The molecule has 376 valence electrons. The molecule has 4 aromatic heterocycles. The summed E-state index contributed by atoms with van der Waals surface area (Å²) in [7, 11) is 0. The van der Waals surface area contributed by atoms with E-state index in [1.807, 2.05) is 13.8 Å². The highest BCUT2D eigenvalue weighted by Gasteiger charge is 2.28. The quantitative estimate of drug-likeness (QED) is 0.0453. The van der Waals surface area contributed by atoms with Crippen LogP contribution in [0.2, 0.25) is 0 Å². The van der Waals surface area contributed by atoms with Crippen molar-refractivity contribution in [1.82, 2.24) is 29.2 Å². The van der Waals surface area contributed by atoms with Crippen LogP contribution in [0.5, 0.6) is 34.8 Å². The Kier molecular flexibility index (Phi) is 15.1. The van der Waals surface area contributed by atoms with Gasteiger partial charge in [0, 0.05) is 60.5 Å². The first-order valence-electron chi connectivity index (χ1n) is 21.8. The van der Waals surface area contributed by atoms with Crippen molar-refractivity contribution in [1.29, 1.82) is 0 Å². The van der Waals surface area contributed by atoms with Crippen LogP contribution in [0.4, 0.5) is 46.5 Å². The number of carboxylic acid groups (broad SMARTS) is 1. The lowest BCUT2D eigenvalue weighted by Crippen LogP contribution is -2.15. The molecule has 8 aromatic rings. The van der Waals surface area contributed by atoms with E-state index in [2.05, 4.69) is 30.8 Å². The molecule has 0 spiro atoms. The molecule has 0 saturated carbocycles. The number of nitrogens with zero attached hydrogens (tertiary/aromatic N) is 6. The molecule has 0 radical (unpaired) electrons. The maximum absolute atomic E-state index is 14.3. The highest BCUT2D eigenvalue weighted by atomic mass is 19.4. The maximum atomic E-state index is 14.3. The number of halogens is 8. The number of aromatic hydroxyl groups is 2. The zero-order chi connectivity index (χ0) is 52.1. The van der Waals surface area contributed by atoms with E-state index < -0.39 is 55.9 Å². The molecule has 0 saturated heterocycles. The number of carboxylic acids is 1. The van der Waals surface area contributed by atoms with E-state index in [9.17, 15) is 60.0 Å².